The highest BCUT2D eigenvalue weighted by Gasteiger charge is 2.23. The maximum atomic E-state index is 2.57. The highest BCUT2D eigenvalue weighted by atomic mass is 35.5. The van der Waals surface area contributed by atoms with Gasteiger partial charge in [0.15, 0.2) is 0 Å². The second-order valence-electron chi connectivity index (χ2n) is 19.3. The summed E-state index contributed by atoms with van der Waals surface area (Å²) in [6, 6.07) is 0.711. The third-order valence-electron chi connectivity index (χ3n) is 13.9. The predicted molar refractivity (Wildman–Crippen MR) is 246 cm³/mol. The fourth-order valence-electron chi connectivity index (χ4n) is 10.1. The summed E-state index contributed by atoms with van der Waals surface area (Å²) in [4.78, 5) is 0. The van der Waals surface area contributed by atoms with Crippen molar-refractivity contribution in [1.82, 2.24) is 4.57 Å². The minimum absolute atomic E-state index is 0. The number of halogens is 1. The molecule has 0 aliphatic heterocycles. The lowest BCUT2D eigenvalue weighted by Gasteiger charge is -2.25. The Morgan fingerprint density at radius 1 is 0.446 bits per heavy atom. The largest absolute Gasteiger partial charge is 1.00 e. The van der Waals surface area contributed by atoms with Gasteiger partial charge in [-0.2, -0.15) is 0 Å². The quantitative estimate of drug-likeness (QED) is 0.0460. The summed E-state index contributed by atoms with van der Waals surface area (Å²) in [7, 11) is 2.19. The Bertz CT molecular complexity index is 854. The molecule has 1 atom stereocenters. The van der Waals surface area contributed by atoms with E-state index in [0.29, 0.717) is 6.04 Å². The van der Waals surface area contributed by atoms with Gasteiger partial charge < -0.3 is 12.4 Å². The Balaban J connectivity index is 0.0000157. The molecule has 0 amide bonds. The molecule has 0 N–H and O–H groups in total. The van der Waals surface area contributed by atoms with Crippen LogP contribution in [0.1, 0.15) is 302 Å². The van der Waals surface area contributed by atoms with E-state index in [2.05, 4.69) is 48.8 Å². The molecule has 2 rings (SSSR count). The maximum Gasteiger partial charge on any atom is 0.243 e. The molecular formula is C53H103ClN2. The smallest absolute Gasteiger partial charge is 0.243 e. The van der Waals surface area contributed by atoms with Crippen LogP contribution in [0.4, 0.5) is 0 Å². The van der Waals surface area contributed by atoms with Crippen molar-refractivity contribution in [2.24, 2.45) is 18.9 Å². The van der Waals surface area contributed by atoms with Crippen LogP contribution in [0.25, 0.3) is 0 Å². The molecule has 1 fully saturated rings. The molecular weight excluding hydrogens is 700 g/mol. The third kappa shape index (κ3) is 32.4. The molecule has 1 unspecified atom stereocenters. The summed E-state index contributed by atoms with van der Waals surface area (Å²) >= 11 is 0. The fourth-order valence-corrected chi connectivity index (χ4v) is 10.1. The molecule has 0 saturated heterocycles. The molecule has 0 radical (unpaired) electrons. The number of unbranched alkanes of at least 4 members (excludes halogenated alkanes) is 31. The van der Waals surface area contributed by atoms with Crippen LogP contribution in [0.3, 0.4) is 0 Å². The monoisotopic (exact) mass is 803 g/mol. The highest BCUT2D eigenvalue weighted by Crippen LogP contribution is 2.32. The molecule has 1 aliphatic carbocycles. The Kier molecular flexibility index (Phi) is 39.4. The van der Waals surface area contributed by atoms with Crippen LogP contribution >= 0.6 is 0 Å². The number of hydrogen-bond acceptors (Lipinski definition) is 0. The van der Waals surface area contributed by atoms with Gasteiger partial charge in [-0.15, -0.1) is 0 Å². The second kappa shape index (κ2) is 41.2. The van der Waals surface area contributed by atoms with Gasteiger partial charge >= 0.3 is 0 Å². The van der Waals surface area contributed by atoms with Crippen molar-refractivity contribution < 1.29 is 17.0 Å². The Morgan fingerprint density at radius 3 is 1.11 bits per heavy atom. The van der Waals surface area contributed by atoms with Crippen LogP contribution in [-0.2, 0) is 7.05 Å². The van der Waals surface area contributed by atoms with Crippen molar-refractivity contribution in [2.45, 2.75) is 302 Å². The van der Waals surface area contributed by atoms with Gasteiger partial charge in [0.05, 0.1) is 7.05 Å². The van der Waals surface area contributed by atoms with Crippen LogP contribution in [0.2, 0.25) is 0 Å². The van der Waals surface area contributed by atoms with Gasteiger partial charge in [0.1, 0.15) is 18.4 Å². The number of aromatic nitrogens is 2. The second-order valence-corrected chi connectivity index (χ2v) is 19.3. The van der Waals surface area contributed by atoms with E-state index in [1.165, 1.54) is 283 Å². The van der Waals surface area contributed by atoms with Gasteiger partial charge in [0, 0.05) is 0 Å². The average molecular weight is 804 g/mol. The highest BCUT2D eigenvalue weighted by molar-refractivity contribution is 4.72. The van der Waals surface area contributed by atoms with E-state index in [-0.39, 0.29) is 12.4 Å². The predicted octanol–water partition coefficient (Wildman–Crippen LogP) is 15.3. The minimum atomic E-state index is 0. The Morgan fingerprint density at radius 2 is 0.768 bits per heavy atom. The number of nitrogens with zero attached hydrogens (tertiary/aromatic N) is 2. The molecule has 56 heavy (non-hydrogen) atoms. The van der Waals surface area contributed by atoms with Crippen molar-refractivity contribution in [2.75, 3.05) is 0 Å². The molecule has 1 aliphatic rings. The molecule has 1 saturated carbocycles. The molecule has 0 aromatic carbocycles. The number of hydrogen-bond donors (Lipinski definition) is 0. The number of imidazole rings is 1. The van der Waals surface area contributed by atoms with E-state index in [9.17, 15) is 0 Å². The van der Waals surface area contributed by atoms with Crippen molar-refractivity contribution in [3.8, 4) is 0 Å². The summed E-state index contributed by atoms with van der Waals surface area (Å²) in [5, 5.41) is 0. The van der Waals surface area contributed by atoms with Crippen molar-refractivity contribution in [1.29, 1.82) is 0 Å². The van der Waals surface area contributed by atoms with E-state index in [4.69, 9.17) is 0 Å². The molecule has 0 bridgehead atoms. The standard InChI is InChI=1S/C53H103N2.ClH/c1-4-6-8-10-12-14-16-18-20-22-24-26-28-30-32-35-41-51(42-36-33-31-29-27-25-23-21-19-17-15-13-11-9-7-5-2)43-39-40-46-53(55-48-47-54(3)50-55)49-52-44-37-34-38-45-52;/h47-48,50-53H,4-46,49H2,1-3H3;1H/q+1;/p-1. The molecule has 1 aromatic rings. The van der Waals surface area contributed by atoms with E-state index >= 15 is 0 Å². The normalized spacial score (nSPS) is 14.1. The van der Waals surface area contributed by atoms with Crippen molar-refractivity contribution in [3.05, 3.63) is 18.7 Å². The number of rotatable bonds is 42. The molecule has 0 spiro atoms. The first-order valence-electron chi connectivity index (χ1n) is 26.3. The lowest BCUT2D eigenvalue weighted by Crippen LogP contribution is -3.00. The van der Waals surface area contributed by atoms with E-state index in [1.807, 2.05) is 0 Å². The average Bonchev–Trinajstić information content (AvgIpc) is 3.64. The summed E-state index contributed by atoms with van der Waals surface area (Å²) in [5.74, 6) is 1.95. The summed E-state index contributed by atoms with van der Waals surface area (Å²) < 4.78 is 4.82. The molecule has 1 heterocycles. The first-order chi connectivity index (χ1) is 27.2. The van der Waals surface area contributed by atoms with Crippen LogP contribution in [0.5, 0.6) is 0 Å². The lowest BCUT2D eigenvalue weighted by atomic mass is 9.83. The third-order valence-corrected chi connectivity index (χ3v) is 13.9. The van der Waals surface area contributed by atoms with Gasteiger partial charge in [-0.3, -0.25) is 0 Å². The Hall–Kier alpha value is -0.500. The Labute approximate surface area is 360 Å². The van der Waals surface area contributed by atoms with E-state index in [1.54, 1.807) is 0 Å². The molecule has 332 valence electrons. The zero-order chi connectivity index (χ0) is 39.1. The van der Waals surface area contributed by atoms with E-state index < -0.39 is 0 Å². The van der Waals surface area contributed by atoms with Crippen molar-refractivity contribution in [3.63, 3.8) is 0 Å². The minimum Gasteiger partial charge on any atom is -1.00 e. The lowest BCUT2D eigenvalue weighted by molar-refractivity contribution is -0.725. The van der Waals surface area contributed by atoms with Crippen LogP contribution in [0.15, 0.2) is 18.7 Å². The molecule has 1 aromatic heterocycles. The van der Waals surface area contributed by atoms with Gasteiger partial charge in [-0.05, 0) is 31.1 Å². The zero-order valence-electron chi connectivity index (χ0n) is 38.8. The SMILES string of the molecule is CCCCCCCCCCCCCCCCCCC(CCCCCCCCCCCCCCCCCC)CCCCC(CC1CCCCC1)[n+]1ccn(C)c1.[Cl-]. The first-order valence-corrected chi connectivity index (χ1v) is 26.3. The fraction of sp³-hybridized carbons (Fsp3) is 0.943. The summed E-state index contributed by atoms with van der Waals surface area (Å²) in [6.07, 6.45) is 71.7. The number of aryl methyl sites for hydroxylation is 1. The van der Waals surface area contributed by atoms with Gasteiger partial charge in [-0.25, -0.2) is 9.13 Å². The van der Waals surface area contributed by atoms with Crippen LogP contribution in [-0.4, -0.2) is 4.57 Å². The molecule has 2 nitrogen and oxygen atoms in total. The van der Waals surface area contributed by atoms with Gasteiger partial charge in [0.25, 0.3) is 0 Å². The summed E-state index contributed by atoms with van der Waals surface area (Å²) in [5.41, 5.74) is 0. The van der Waals surface area contributed by atoms with E-state index in [0.717, 1.165) is 11.8 Å². The maximum absolute atomic E-state index is 2.57. The van der Waals surface area contributed by atoms with Crippen LogP contribution < -0.4 is 17.0 Å². The first kappa shape index (κ1) is 53.5. The van der Waals surface area contributed by atoms with Gasteiger partial charge in [-0.1, -0.05) is 277 Å². The molecule has 3 heteroatoms. The summed E-state index contributed by atoms with van der Waals surface area (Å²) in [6.45, 7) is 4.64. The van der Waals surface area contributed by atoms with Gasteiger partial charge in [0.2, 0.25) is 6.33 Å². The van der Waals surface area contributed by atoms with Crippen molar-refractivity contribution >= 4 is 0 Å². The van der Waals surface area contributed by atoms with Crippen LogP contribution in [0, 0.1) is 11.8 Å². The topological polar surface area (TPSA) is 8.81 Å². The zero-order valence-corrected chi connectivity index (χ0v) is 39.6.